The number of carbonyl (C=O) groups is 1. The van der Waals surface area contributed by atoms with Crippen LogP contribution in [0, 0.1) is 0 Å². The molecular formula is C11H19N2O3S2-. The number of thioether (sulfide) groups is 1. The van der Waals surface area contributed by atoms with Crippen molar-refractivity contribution in [3.05, 3.63) is 0 Å². The molecule has 1 rings (SSSR count). The van der Waals surface area contributed by atoms with Gasteiger partial charge >= 0.3 is 0 Å². The molecule has 0 saturated carbocycles. The van der Waals surface area contributed by atoms with Crippen LogP contribution in [0.15, 0.2) is 4.99 Å². The smallest absolute Gasteiger partial charge is 0.245 e. The van der Waals surface area contributed by atoms with E-state index in [9.17, 15) is 9.90 Å². The van der Waals surface area contributed by atoms with E-state index in [0.717, 1.165) is 5.75 Å². The maximum atomic E-state index is 11.9. The minimum Gasteiger partial charge on any atom is -0.595 e. The molecule has 104 valence electrons. The summed E-state index contributed by atoms with van der Waals surface area (Å²) in [7, 11) is 0. The van der Waals surface area contributed by atoms with Gasteiger partial charge in [0, 0.05) is 23.7 Å². The van der Waals surface area contributed by atoms with Gasteiger partial charge in [0.2, 0.25) is 5.91 Å². The third-order valence-electron chi connectivity index (χ3n) is 2.20. The van der Waals surface area contributed by atoms with E-state index in [1.165, 1.54) is 0 Å². The fourth-order valence-corrected chi connectivity index (χ4v) is 3.07. The molecule has 5 nitrogen and oxygen atoms in total. The molecule has 1 heterocycles. The predicted octanol–water partition coefficient (Wildman–Crippen LogP) is 0.349. The Balaban J connectivity index is 2.47. The highest BCUT2D eigenvalue weighted by molar-refractivity contribution is 8.00. The highest BCUT2D eigenvalue weighted by Gasteiger charge is 2.27. The van der Waals surface area contributed by atoms with Crippen LogP contribution in [0.3, 0.4) is 0 Å². The number of amides is 1. The molecule has 0 bridgehead atoms. The monoisotopic (exact) mass is 291 g/mol. The van der Waals surface area contributed by atoms with E-state index in [2.05, 4.69) is 17.6 Å². The van der Waals surface area contributed by atoms with Crippen LogP contribution in [-0.4, -0.2) is 52.5 Å². The third kappa shape index (κ3) is 4.97. The molecule has 1 fully saturated rings. The Morgan fingerprint density at radius 1 is 1.61 bits per heavy atom. The quantitative estimate of drug-likeness (QED) is 0.463. The van der Waals surface area contributed by atoms with Crippen molar-refractivity contribution in [2.45, 2.75) is 31.7 Å². The second kappa shape index (κ2) is 6.56. The van der Waals surface area contributed by atoms with Gasteiger partial charge in [-0.2, -0.15) is 12.6 Å². The lowest BCUT2D eigenvalue weighted by atomic mass is 10.2. The van der Waals surface area contributed by atoms with E-state index in [1.54, 1.807) is 37.4 Å². The number of carbonyl (C=O) groups excluding carboxylic acids is 1. The molecule has 1 aliphatic heterocycles. The maximum Gasteiger partial charge on any atom is 0.245 e. The molecule has 0 aliphatic carbocycles. The molecule has 0 radical (unpaired) electrons. The first kappa shape index (κ1) is 15.5. The van der Waals surface area contributed by atoms with Gasteiger partial charge in [-0.15, -0.1) is 11.8 Å². The summed E-state index contributed by atoms with van der Waals surface area (Å²) in [6.45, 7) is 5.82. The van der Waals surface area contributed by atoms with Crippen molar-refractivity contribution in [1.29, 1.82) is 0 Å². The molecule has 1 atom stereocenters. The summed E-state index contributed by atoms with van der Waals surface area (Å²) in [4.78, 5) is 17.2. The van der Waals surface area contributed by atoms with Gasteiger partial charge in [-0.05, 0) is 0 Å². The predicted molar refractivity (Wildman–Crippen MR) is 75.0 cm³/mol. The van der Waals surface area contributed by atoms with Crippen LogP contribution in [0.25, 0.3) is 0 Å². The van der Waals surface area contributed by atoms with Gasteiger partial charge in [-0.3, -0.25) is 9.79 Å². The van der Waals surface area contributed by atoms with E-state index in [1.807, 2.05) is 0 Å². The molecule has 0 N–H and O–H groups in total. The second-order valence-electron chi connectivity index (χ2n) is 4.89. The van der Waals surface area contributed by atoms with E-state index in [4.69, 9.17) is 4.74 Å². The van der Waals surface area contributed by atoms with Crippen LogP contribution in [0.5, 0.6) is 0 Å². The zero-order valence-electron chi connectivity index (χ0n) is 10.9. The normalized spacial score (nSPS) is 21.2. The molecule has 0 aromatic heterocycles. The first-order valence-corrected chi connectivity index (χ1v) is 7.44. The Kier molecular flexibility index (Phi) is 5.65. The van der Waals surface area contributed by atoms with Crippen LogP contribution >= 0.6 is 24.4 Å². The first-order valence-electron chi connectivity index (χ1n) is 5.76. The van der Waals surface area contributed by atoms with E-state index < -0.39 is 11.7 Å². The average molecular weight is 291 g/mol. The molecule has 7 heteroatoms. The molecule has 1 unspecified atom stereocenters. The zero-order chi connectivity index (χ0) is 13.8. The number of nitrogens with zero attached hydrogens (tertiary/aromatic N) is 2. The second-order valence-corrected chi connectivity index (χ2v) is 6.54. The lowest BCUT2D eigenvalue weighted by Gasteiger charge is -2.29. The number of hydrogen-bond acceptors (Lipinski definition) is 6. The Morgan fingerprint density at radius 2 is 2.28 bits per heavy atom. The van der Waals surface area contributed by atoms with Gasteiger partial charge in [0.25, 0.3) is 0 Å². The van der Waals surface area contributed by atoms with Gasteiger partial charge < -0.3 is 14.7 Å². The number of thiol groups is 1. The summed E-state index contributed by atoms with van der Waals surface area (Å²) in [5, 5.41) is 11.4. The van der Waals surface area contributed by atoms with Crippen molar-refractivity contribution in [3.63, 3.8) is 0 Å². The van der Waals surface area contributed by atoms with Crippen LogP contribution in [-0.2, 0) is 9.53 Å². The van der Waals surface area contributed by atoms with Gasteiger partial charge in [-0.25, -0.2) is 0 Å². The Bertz CT molecular complexity index is 329. The minimum absolute atomic E-state index is 0.0923. The van der Waals surface area contributed by atoms with Crippen molar-refractivity contribution in [1.82, 2.24) is 4.90 Å². The van der Waals surface area contributed by atoms with Crippen molar-refractivity contribution >= 4 is 36.4 Å². The van der Waals surface area contributed by atoms with Crippen molar-refractivity contribution < 1.29 is 14.6 Å². The lowest BCUT2D eigenvalue weighted by Crippen LogP contribution is -2.38. The van der Waals surface area contributed by atoms with Gasteiger partial charge in [0.05, 0.1) is 5.37 Å². The summed E-state index contributed by atoms with van der Waals surface area (Å²) >= 11 is 5.89. The SMILES string of the molecule is CC(C)(C)OC([O-])=NCC(=O)N1CCSC1CS. The molecule has 1 amide bonds. The van der Waals surface area contributed by atoms with Crippen LogP contribution in [0.2, 0.25) is 0 Å². The molecule has 0 spiro atoms. The van der Waals surface area contributed by atoms with Gasteiger partial charge in [0.15, 0.2) is 0 Å². The highest BCUT2D eigenvalue weighted by Crippen LogP contribution is 2.24. The number of aliphatic imine (C=N–C) groups is 1. The molecule has 0 aromatic rings. The summed E-state index contributed by atoms with van der Waals surface area (Å²) in [5.74, 6) is 1.37. The summed E-state index contributed by atoms with van der Waals surface area (Å²) in [6.07, 6.45) is -0.690. The number of hydrogen-bond donors (Lipinski definition) is 1. The van der Waals surface area contributed by atoms with E-state index in [-0.39, 0.29) is 17.8 Å². The maximum absolute atomic E-state index is 11.9. The molecule has 1 saturated heterocycles. The van der Waals surface area contributed by atoms with Crippen LogP contribution < -0.4 is 5.11 Å². The third-order valence-corrected chi connectivity index (χ3v) is 4.02. The summed E-state index contributed by atoms with van der Waals surface area (Å²) in [5.41, 5.74) is -0.583. The summed E-state index contributed by atoms with van der Waals surface area (Å²) in [6, 6.07) is 0. The fraction of sp³-hybridized carbons (Fsp3) is 0.818. The Morgan fingerprint density at radius 3 is 2.83 bits per heavy atom. The molecule has 0 aromatic carbocycles. The average Bonchev–Trinajstić information content (AvgIpc) is 2.71. The van der Waals surface area contributed by atoms with Gasteiger partial charge in [-0.1, -0.05) is 20.8 Å². The zero-order valence-corrected chi connectivity index (χ0v) is 12.6. The van der Waals surface area contributed by atoms with Crippen molar-refractivity contribution in [3.8, 4) is 0 Å². The van der Waals surface area contributed by atoms with Crippen molar-refractivity contribution in [2.75, 3.05) is 24.6 Å². The summed E-state index contributed by atoms with van der Waals surface area (Å²) < 4.78 is 5.01. The Hall–Kier alpha value is -0.560. The topological polar surface area (TPSA) is 65.0 Å². The van der Waals surface area contributed by atoms with Gasteiger partial charge in [0.1, 0.15) is 12.6 Å². The first-order chi connectivity index (χ1) is 8.33. The molecular weight excluding hydrogens is 272 g/mol. The fourth-order valence-electron chi connectivity index (χ4n) is 1.47. The van der Waals surface area contributed by atoms with E-state index >= 15 is 0 Å². The number of rotatable bonds is 3. The minimum atomic E-state index is -0.690. The highest BCUT2D eigenvalue weighted by atomic mass is 32.2. The Labute approximate surface area is 117 Å². The van der Waals surface area contributed by atoms with Crippen molar-refractivity contribution in [2.24, 2.45) is 4.99 Å². The van der Waals surface area contributed by atoms with E-state index in [0.29, 0.717) is 12.3 Å². The lowest BCUT2D eigenvalue weighted by molar-refractivity contribution is -0.260. The molecule has 18 heavy (non-hydrogen) atoms. The van der Waals surface area contributed by atoms with Crippen LogP contribution in [0.4, 0.5) is 0 Å². The van der Waals surface area contributed by atoms with Crippen LogP contribution in [0.1, 0.15) is 20.8 Å². The standard InChI is InChI=1S/C11H20N2O3S2/c1-11(2,3)16-10(15)12-6-8(14)13-4-5-18-9(13)7-17/h9,17H,4-7H2,1-3H3,(H,12,15)/p-1. The largest absolute Gasteiger partial charge is 0.595 e. The molecule has 1 aliphatic rings. The number of ether oxygens (including phenoxy) is 1.